The van der Waals surface area contributed by atoms with E-state index in [-0.39, 0.29) is 0 Å². The van der Waals surface area contributed by atoms with Gasteiger partial charge in [-0.25, -0.2) is 15.0 Å². The number of para-hydroxylation sites is 2. The van der Waals surface area contributed by atoms with Gasteiger partial charge in [0.1, 0.15) is 0 Å². The molecule has 0 fully saturated rings. The molecule has 0 unspecified atom stereocenters. The van der Waals surface area contributed by atoms with Crippen molar-refractivity contribution in [3.63, 3.8) is 0 Å². The quantitative estimate of drug-likeness (QED) is 0.175. The van der Waals surface area contributed by atoms with Gasteiger partial charge in [-0.1, -0.05) is 115 Å². The molecule has 0 bridgehead atoms. The third-order valence-electron chi connectivity index (χ3n) is 11.1. The monoisotopic (exact) mass is 762 g/mol. The van der Waals surface area contributed by atoms with Gasteiger partial charge in [-0.15, -0.1) is 22.7 Å². The lowest BCUT2D eigenvalue weighted by Crippen LogP contribution is -2.03. The van der Waals surface area contributed by atoms with E-state index in [1.165, 1.54) is 62.2 Å². The molecule has 12 rings (SSSR count). The maximum atomic E-state index is 5.32. The SMILES string of the molecule is c1ccc(-c2ccc3c(c2)c2ccccc2n3-c2ccccc2-c2nc(-c3ccc4c(c3)sc3ccccc34)nc(-c3ccc4sc5ccccc5c4c3)n2)cc1. The number of benzene rings is 8. The van der Waals surface area contributed by atoms with Crippen LogP contribution < -0.4 is 0 Å². The normalized spacial score (nSPS) is 11.9. The van der Waals surface area contributed by atoms with E-state index in [0.717, 1.165) is 33.4 Å². The zero-order chi connectivity index (χ0) is 37.5. The summed E-state index contributed by atoms with van der Waals surface area (Å²) in [6, 6.07) is 65.0. The fourth-order valence-corrected chi connectivity index (χ4v) is 10.6. The summed E-state index contributed by atoms with van der Waals surface area (Å²) in [5.41, 5.74) is 8.51. The summed E-state index contributed by atoms with van der Waals surface area (Å²) in [7, 11) is 0. The van der Waals surface area contributed by atoms with Gasteiger partial charge in [0.25, 0.3) is 0 Å². The minimum atomic E-state index is 0.629. The molecule has 0 atom stereocenters. The van der Waals surface area contributed by atoms with E-state index in [1.807, 2.05) is 11.3 Å². The third kappa shape index (κ3) is 5.22. The van der Waals surface area contributed by atoms with Gasteiger partial charge in [0.2, 0.25) is 0 Å². The number of hydrogen-bond acceptors (Lipinski definition) is 5. The highest BCUT2D eigenvalue weighted by atomic mass is 32.1. The summed E-state index contributed by atoms with van der Waals surface area (Å²) < 4.78 is 7.37. The molecule has 0 aliphatic heterocycles. The van der Waals surface area contributed by atoms with Crippen LogP contribution in [0.1, 0.15) is 0 Å². The minimum Gasteiger partial charge on any atom is -0.309 e. The van der Waals surface area contributed by atoms with Gasteiger partial charge in [-0.05, 0) is 77.9 Å². The largest absolute Gasteiger partial charge is 0.309 e. The average Bonchev–Trinajstić information content (AvgIpc) is 3.95. The van der Waals surface area contributed by atoms with Crippen LogP contribution in [0, 0.1) is 0 Å². The first-order valence-corrected chi connectivity index (χ1v) is 20.6. The van der Waals surface area contributed by atoms with Crippen molar-refractivity contribution in [2.45, 2.75) is 0 Å². The Bertz CT molecular complexity index is 3540. The molecule has 0 saturated carbocycles. The van der Waals surface area contributed by atoms with Crippen molar-refractivity contribution in [2.75, 3.05) is 0 Å². The molecule has 0 radical (unpaired) electrons. The van der Waals surface area contributed by atoms with Gasteiger partial charge in [0, 0.05) is 67.8 Å². The van der Waals surface area contributed by atoms with E-state index in [9.17, 15) is 0 Å². The summed E-state index contributed by atoms with van der Waals surface area (Å²) >= 11 is 3.62. The van der Waals surface area contributed by atoms with Crippen molar-refractivity contribution in [3.8, 4) is 51.0 Å². The fourth-order valence-electron chi connectivity index (χ4n) is 8.39. The fraction of sp³-hybridized carbons (Fsp3) is 0. The summed E-state index contributed by atoms with van der Waals surface area (Å²) in [6.07, 6.45) is 0. The number of aromatic nitrogens is 4. The van der Waals surface area contributed by atoms with Crippen LogP contribution in [0.5, 0.6) is 0 Å². The second-order valence-corrected chi connectivity index (χ2v) is 16.6. The van der Waals surface area contributed by atoms with E-state index in [2.05, 4.69) is 187 Å². The number of hydrogen-bond donors (Lipinski definition) is 0. The molecule has 266 valence electrons. The second kappa shape index (κ2) is 12.8. The molecule has 8 aromatic carbocycles. The van der Waals surface area contributed by atoms with Gasteiger partial charge in [0.05, 0.1) is 16.7 Å². The summed E-state index contributed by atoms with van der Waals surface area (Å²) in [4.78, 5) is 15.9. The maximum Gasteiger partial charge on any atom is 0.166 e. The van der Waals surface area contributed by atoms with Crippen LogP contribution in [0.25, 0.3) is 113 Å². The van der Waals surface area contributed by atoms with Crippen LogP contribution in [0.4, 0.5) is 0 Å². The van der Waals surface area contributed by atoms with Crippen LogP contribution in [0.3, 0.4) is 0 Å². The Kier molecular flexibility index (Phi) is 7.24. The van der Waals surface area contributed by atoms with Crippen LogP contribution in [-0.4, -0.2) is 19.5 Å². The molecular formula is C51H30N4S2. The van der Waals surface area contributed by atoms with Gasteiger partial charge in [-0.2, -0.15) is 0 Å². The molecule has 4 nitrogen and oxygen atoms in total. The number of nitrogens with zero attached hydrogens (tertiary/aromatic N) is 4. The average molecular weight is 763 g/mol. The molecule has 12 aromatic rings. The maximum absolute atomic E-state index is 5.32. The standard InChI is InChI=1S/C51H30N4S2/c1-2-12-31(13-3-1)32-23-26-44-40(28-32)35-14-4-8-18-42(35)55(44)43-19-9-5-17-39(43)51-53-49(33-24-27-47-41(29-33)37-16-7-11-21-46(37)56-47)52-50(54-51)34-22-25-38-36-15-6-10-20-45(36)57-48(38)30-34/h1-30H. The van der Waals surface area contributed by atoms with E-state index < -0.39 is 0 Å². The lowest BCUT2D eigenvalue weighted by atomic mass is 10.0. The molecule has 0 aliphatic carbocycles. The van der Waals surface area contributed by atoms with Gasteiger partial charge in [-0.3, -0.25) is 0 Å². The Hall–Kier alpha value is -6.99. The number of fused-ring (bicyclic) bond motifs is 9. The molecule has 57 heavy (non-hydrogen) atoms. The summed E-state index contributed by atoms with van der Waals surface area (Å²) in [5.74, 6) is 1.92. The predicted octanol–water partition coefficient (Wildman–Crippen LogP) is 14.4. The van der Waals surface area contributed by atoms with E-state index >= 15 is 0 Å². The first kappa shape index (κ1) is 32.3. The predicted molar refractivity (Wildman–Crippen MR) is 242 cm³/mol. The van der Waals surface area contributed by atoms with Gasteiger partial charge >= 0.3 is 0 Å². The van der Waals surface area contributed by atoms with Gasteiger partial charge in [0.15, 0.2) is 17.5 Å². The Morgan fingerprint density at radius 2 is 0.860 bits per heavy atom. The Morgan fingerprint density at radius 3 is 1.68 bits per heavy atom. The lowest BCUT2D eigenvalue weighted by molar-refractivity contribution is 1.07. The zero-order valence-electron chi connectivity index (χ0n) is 30.4. The summed E-state index contributed by atoms with van der Waals surface area (Å²) in [6.45, 7) is 0. The Labute approximate surface area is 335 Å². The minimum absolute atomic E-state index is 0.629. The molecule has 4 heterocycles. The van der Waals surface area contributed by atoms with Crippen molar-refractivity contribution in [1.29, 1.82) is 0 Å². The van der Waals surface area contributed by atoms with Crippen molar-refractivity contribution < 1.29 is 0 Å². The second-order valence-electron chi connectivity index (χ2n) is 14.4. The smallest absolute Gasteiger partial charge is 0.166 e. The molecule has 0 saturated heterocycles. The molecule has 0 N–H and O–H groups in total. The molecular weight excluding hydrogens is 733 g/mol. The van der Waals surface area contributed by atoms with Crippen molar-refractivity contribution in [3.05, 3.63) is 182 Å². The van der Waals surface area contributed by atoms with E-state index in [0.29, 0.717) is 17.5 Å². The first-order chi connectivity index (χ1) is 28.2. The van der Waals surface area contributed by atoms with Gasteiger partial charge < -0.3 is 4.57 Å². The highest BCUT2D eigenvalue weighted by Crippen LogP contribution is 2.41. The Morgan fingerprint density at radius 1 is 0.316 bits per heavy atom. The molecule has 6 heteroatoms. The van der Waals surface area contributed by atoms with Crippen LogP contribution >= 0.6 is 22.7 Å². The number of rotatable bonds is 5. The zero-order valence-corrected chi connectivity index (χ0v) is 32.1. The molecule has 0 aliphatic rings. The number of thiophene rings is 2. The molecule has 0 spiro atoms. The van der Waals surface area contributed by atoms with Crippen molar-refractivity contribution in [2.24, 2.45) is 0 Å². The van der Waals surface area contributed by atoms with Crippen molar-refractivity contribution in [1.82, 2.24) is 19.5 Å². The van der Waals surface area contributed by atoms with Crippen LogP contribution in [0.15, 0.2) is 182 Å². The third-order valence-corrected chi connectivity index (χ3v) is 13.4. The lowest BCUT2D eigenvalue weighted by Gasteiger charge is -2.15. The highest BCUT2D eigenvalue weighted by Gasteiger charge is 2.20. The van der Waals surface area contributed by atoms with Crippen molar-refractivity contribution >= 4 is 84.8 Å². The van der Waals surface area contributed by atoms with Crippen LogP contribution in [-0.2, 0) is 0 Å². The Balaban J connectivity index is 1.09. The molecule has 0 amide bonds. The topological polar surface area (TPSA) is 43.6 Å². The molecule has 4 aromatic heterocycles. The first-order valence-electron chi connectivity index (χ1n) is 19.0. The van der Waals surface area contributed by atoms with E-state index in [4.69, 9.17) is 15.0 Å². The van der Waals surface area contributed by atoms with E-state index in [1.54, 1.807) is 11.3 Å². The van der Waals surface area contributed by atoms with Crippen LogP contribution in [0.2, 0.25) is 0 Å². The highest BCUT2D eigenvalue weighted by molar-refractivity contribution is 7.26. The summed E-state index contributed by atoms with van der Waals surface area (Å²) in [5, 5.41) is 7.38.